The van der Waals surface area contributed by atoms with Crippen LogP contribution in [-0.4, -0.2) is 42.2 Å². The van der Waals surface area contributed by atoms with Crippen LogP contribution in [0.1, 0.15) is 17.0 Å². The van der Waals surface area contributed by atoms with Crippen LogP contribution in [0.5, 0.6) is 5.75 Å². The van der Waals surface area contributed by atoms with Gasteiger partial charge in [0.15, 0.2) is 0 Å². The smallest absolute Gasteiger partial charge is 0.134 e. The van der Waals surface area contributed by atoms with Gasteiger partial charge in [-0.3, -0.25) is 4.98 Å². The molecule has 2 heterocycles. The van der Waals surface area contributed by atoms with Crippen LogP contribution in [0.2, 0.25) is 0 Å². The molecule has 0 fully saturated rings. The number of benzene rings is 1. The van der Waals surface area contributed by atoms with Gasteiger partial charge in [-0.05, 0) is 49.1 Å². The number of hydrogen-bond acceptors (Lipinski definition) is 6. The highest BCUT2D eigenvalue weighted by molar-refractivity contribution is 5.49. The van der Waals surface area contributed by atoms with E-state index in [4.69, 9.17) is 4.74 Å². The van der Waals surface area contributed by atoms with Gasteiger partial charge in [0.05, 0.1) is 7.11 Å². The molecule has 0 spiro atoms. The molecular weight excluding hydrogens is 350 g/mol. The van der Waals surface area contributed by atoms with Crippen LogP contribution >= 0.6 is 0 Å². The van der Waals surface area contributed by atoms with Crippen LogP contribution in [0.4, 0.5) is 11.6 Å². The van der Waals surface area contributed by atoms with Crippen molar-refractivity contribution in [3.63, 3.8) is 0 Å². The molecule has 28 heavy (non-hydrogen) atoms. The Hall–Kier alpha value is -3.15. The van der Waals surface area contributed by atoms with Gasteiger partial charge in [-0.25, -0.2) is 9.97 Å². The molecule has 0 radical (unpaired) electrons. The number of methoxy groups -OCH3 is 1. The minimum Gasteiger partial charge on any atom is -0.496 e. The first kappa shape index (κ1) is 19.6. The number of likely N-dealkylation sites (N-methyl/N-ethyl adjacent to an activating group) is 1. The molecule has 1 N–H and O–H groups in total. The van der Waals surface area contributed by atoms with Crippen molar-refractivity contribution in [1.82, 2.24) is 15.0 Å². The van der Waals surface area contributed by atoms with Gasteiger partial charge in [0, 0.05) is 38.6 Å². The van der Waals surface area contributed by atoms with E-state index < -0.39 is 0 Å². The van der Waals surface area contributed by atoms with Crippen molar-refractivity contribution in [2.24, 2.45) is 0 Å². The van der Waals surface area contributed by atoms with Gasteiger partial charge in [0.1, 0.15) is 23.2 Å². The quantitative estimate of drug-likeness (QED) is 0.616. The number of aromatic nitrogens is 3. The summed E-state index contributed by atoms with van der Waals surface area (Å²) in [5, 5.41) is 3.41. The van der Waals surface area contributed by atoms with Gasteiger partial charge in [-0.2, -0.15) is 0 Å². The topological polar surface area (TPSA) is 63.2 Å². The first-order chi connectivity index (χ1) is 13.7. The number of nitrogens with zero attached hydrogens (tertiary/aromatic N) is 4. The van der Waals surface area contributed by atoms with Crippen molar-refractivity contribution in [3.8, 4) is 5.75 Å². The molecule has 0 saturated carbocycles. The van der Waals surface area contributed by atoms with E-state index in [9.17, 15) is 0 Å². The summed E-state index contributed by atoms with van der Waals surface area (Å²) in [5.74, 6) is 3.43. The summed E-state index contributed by atoms with van der Waals surface area (Å²) >= 11 is 0. The van der Waals surface area contributed by atoms with E-state index >= 15 is 0 Å². The molecule has 0 aliphatic heterocycles. The second-order valence-corrected chi connectivity index (χ2v) is 6.67. The SMILES string of the molecule is COc1ccccc1CCNc1cc(N(C)CCc2ccncc2)nc(C)n1. The molecule has 6 heteroatoms. The summed E-state index contributed by atoms with van der Waals surface area (Å²) in [5.41, 5.74) is 2.45. The van der Waals surface area contributed by atoms with Crippen molar-refractivity contribution >= 4 is 11.6 Å². The number of aryl methyl sites for hydroxylation is 1. The van der Waals surface area contributed by atoms with Crippen molar-refractivity contribution in [2.45, 2.75) is 19.8 Å². The Kier molecular flexibility index (Phi) is 6.78. The highest BCUT2D eigenvalue weighted by atomic mass is 16.5. The summed E-state index contributed by atoms with van der Waals surface area (Å²) in [4.78, 5) is 15.3. The molecule has 1 aromatic carbocycles. The number of para-hydroxylation sites is 1. The van der Waals surface area contributed by atoms with Crippen molar-refractivity contribution in [1.29, 1.82) is 0 Å². The predicted molar refractivity (Wildman–Crippen MR) is 113 cm³/mol. The number of pyridine rings is 1. The molecule has 0 aliphatic rings. The lowest BCUT2D eigenvalue weighted by atomic mass is 10.1. The van der Waals surface area contributed by atoms with Gasteiger partial charge in [-0.1, -0.05) is 18.2 Å². The minimum atomic E-state index is 0.757. The Balaban J connectivity index is 1.59. The predicted octanol–water partition coefficient (Wildman–Crippen LogP) is 3.52. The molecule has 3 rings (SSSR count). The van der Waals surface area contributed by atoms with Gasteiger partial charge >= 0.3 is 0 Å². The summed E-state index contributed by atoms with van der Waals surface area (Å²) in [7, 11) is 3.76. The third kappa shape index (κ3) is 5.42. The Labute approximate surface area is 166 Å². The van der Waals surface area contributed by atoms with Gasteiger partial charge in [0.2, 0.25) is 0 Å². The highest BCUT2D eigenvalue weighted by Gasteiger charge is 2.08. The van der Waals surface area contributed by atoms with E-state index in [1.165, 1.54) is 11.1 Å². The third-order valence-electron chi connectivity index (χ3n) is 4.59. The number of hydrogen-bond donors (Lipinski definition) is 1. The molecule has 0 aliphatic carbocycles. The molecule has 146 valence electrons. The fourth-order valence-electron chi connectivity index (χ4n) is 3.03. The van der Waals surface area contributed by atoms with Crippen LogP contribution in [-0.2, 0) is 12.8 Å². The fourth-order valence-corrected chi connectivity index (χ4v) is 3.03. The molecule has 0 amide bonds. The van der Waals surface area contributed by atoms with Crippen molar-refractivity contribution < 1.29 is 4.74 Å². The first-order valence-electron chi connectivity index (χ1n) is 9.47. The zero-order valence-corrected chi connectivity index (χ0v) is 16.7. The largest absolute Gasteiger partial charge is 0.496 e. The number of nitrogens with one attached hydrogen (secondary N) is 1. The Morgan fingerprint density at radius 3 is 2.61 bits per heavy atom. The molecule has 6 nitrogen and oxygen atoms in total. The molecular formula is C22H27N5O. The van der Waals surface area contributed by atoms with E-state index in [-0.39, 0.29) is 0 Å². The van der Waals surface area contributed by atoms with Crippen molar-refractivity contribution in [2.75, 3.05) is 37.5 Å². The van der Waals surface area contributed by atoms with E-state index in [1.807, 2.05) is 55.7 Å². The monoisotopic (exact) mass is 377 g/mol. The number of anilines is 2. The molecule has 2 aromatic heterocycles. The minimum absolute atomic E-state index is 0.757. The standard InChI is InChI=1S/C22H27N5O/c1-17-25-21(24-14-10-19-6-4-5-7-20(19)28-3)16-22(26-17)27(2)15-11-18-8-12-23-13-9-18/h4-9,12-13,16H,10-11,14-15H2,1-3H3,(H,24,25,26). The molecule has 0 atom stereocenters. The Bertz CT molecular complexity index is 885. The van der Waals surface area contributed by atoms with E-state index in [0.717, 1.165) is 49.1 Å². The lowest BCUT2D eigenvalue weighted by molar-refractivity contribution is 0.410. The maximum Gasteiger partial charge on any atom is 0.134 e. The molecule has 0 unspecified atom stereocenters. The maximum absolute atomic E-state index is 5.42. The summed E-state index contributed by atoms with van der Waals surface area (Å²) in [6, 6.07) is 14.2. The van der Waals surface area contributed by atoms with E-state index in [0.29, 0.717) is 0 Å². The average molecular weight is 377 g/mol. The summed E-state index contributed by atoms with van der Waals surface area (Å²) in [6.07, 6.45) is 5.46. The van der Waals surface area contributed by atoms with Crippen LogP contribution in [0.3, 0.4) is 0 Å². The highest BCUT2D eigenvalue weighted by Crippen LogP contribution is 2.19. The normalized spacial score (nSPS) is 10.5. The summed E-state index contributed by atoms with van der Waals surface area (Å²) < 4.78 is 5.42. The number of ether oxygens (including phenoxy) is 1. The molecule has 0 saturated heterocycles. The zero-order chi connectivity index (χ0) is 19.8. The van der Waals surface area contributed by atoms with E-state index in [1.54, 1.807) is 7.11 Å². The lowest BCUT2D eigenvalue weighted by Gasteiger charge is -2.19. The molecule has 0 bridgehead atoms. The maximum atomic E-state index is 5.42. The lowest BCUT2D eigenvalue weighted by Crippen LogP contribution is -2.22. The van der Waals surface area contributed by atoms with Gasteiger partial charge in [-0.15, -0.1) is 0 Å². The van der Waals surface area contributed by atoms with Crippen LogP contribution in [0.15, 0.2) is 54.9 Å². The van der Waals surface area contributed by atoms with Crippen LogP contribution < -0.4 is 15.0 Å². The average Bonchev–Trinajstić information content (AvgIpc) is 2.72. The van der Waals surface area contributed by atoms with Gasteiger partial charge in [0.25, 0.3) is 0 Å². The van der Waals surface area contributed by atoms with Crippen molar-refractivity contribution in [3.05, 3.63) is 71.8 Å². The van der Waals surface area contributed by atoms with Crippen LogP contribution in [0, 0.1) is 6.92 Å². The third-order valence-corrected chi connectivity index (χ3v) is 4.59. The number of rotatable bonds is 9. The summed E-state index contributed by atoms with van der Waals surface area (Å²) in [6.45, 7) is 3.57. The van der Waals surface area contributed by atoms with E-state index in [2.05, 4.69) is 38.3 Å². The first-order valence-corrected chi connectivity index (χ1v) is 9.47. The second-order valence-electron chi connectivity index (χ2n) is 6.67. The Morgan fingerprint density at radius 2 is 1.82 bits per heavy atom. The van der Waals surface area contributed by atoms with Crippen LogP contribution in [0.25, 0.3) is 0 Å². The fraction of sp³-hybridized carbons (Fsp3) is 0.318. The zero-order valence-electron chi connectivity index (χ0n) is 16.7. The molecule has 3 aromatic rings. The van der Waals surface area contributed by atoms with Gasteiger partial charge < -0.3 is 15.0 Å². The second kappa shape index (κ2) is 9.69. The Morgan fingerprint density at radius 1 is 1.04 bits per heavy atom.